The van der Waals surface area contributed by atoms with Gasteiger partial charge in [-0.3, -0.25) is 9.59 Å². The van der Waals surface area contributed by atoms with Crippen molar-refractivity contribution in [2.75, 3.05) is 13.2 Å². The Hall–Kier alpha value is -1.26. The maximum Gasteiger partial charge on any atom is 0.221 e. The van der Waals surface area contributed by atoms with Crippen molar-refractivity contribution in [3.63, 3.8) is 0 Å². The molecule has 23 heavy (non-hydrogen) atoms. The summed E-state index contributed by atoms with van der Waals surface area (Å²) in [6.07, 6.45) is 3.79. The van der Waals surface area contributed by atoms with Crippen molar-refractivity contribution in [2.24, 2.45) is 0 Å². The molecule has 0 aliphatic carbocycles. The molecular formula is C17H22Cl2O4. The molecule has 0 saturated carbocycles. The molecule has 0 aromatic heterocycles. The highest BCUT2D eigenvalue weighted by Gasteiger charge is 2.03. The van der Waals surface area contributed by atoms with Gasteiger partial charge in [0.25, 0.3) is 0 Å². The largest absolute Gasteiger partial charge is 0.494 e. The molecule has 1 aromatic rings. The van der Waals surface area contributed by atoms with Gasteiger partial charge in [0.1, 0.15) is 11.5 Å². The first kappa shape index (κ1) is 19.8. The predicted octanol–water partition coefficient (Wildman–Crippen LogP) is 4.62. The molecule has 1 aromatic carbocycles. The molecular weight excluding hydrogens is 339 g/mol. The predicted molar refractivity (Wildman–Crippen MR) is 91.6 cm³/mol. The summed E-state index contributed by atoms with van der Waals surface area (Å²) >= 11 is 10.5. The van der Waals surface area contributed by atoms with Crippen molar-refractivity contribution in [1.29, 1.82) is 0 Å². The number of ether oxygens (including phenoxy) is 2. The van der Waals surface area contributed by atoms with Crippen LogP contribution in [0.15, 0.2) is 18.2 Å². The minimum atomic E-state index is -0.308. The summed E-state index contributed by atoms with van der Waals surface area (Å²) in [6.45, 7) is 3.06. The summed E-state index contributed by atoms with van der Waals surface area (Å²) in [5.41, 5.74) is 0.992. The second-order valence-corrected chi connectivity index (χ2v) is 6.09. The number of halogens is 2. The van der Waals surface area contributed by atoms with E-state index < -0.39 is 0 Å². The van der Waals surface area contributed by atoms with Gasteiger partial charge in [0.05, 0.1) is 13.2 Å². The molecule has 128 valence electrons. The lowest BCUT2D eigenvalue weighted by molar-refractivity contribution is -0.112. The molecule has 4 nitrogen and oxygen atoms in total. The number of aryl methyl sites for hydroxylation is 1. The molecule has 0 fully saturated rings. The fourth-order valence-electron chi connectivity index (χ4n) is 1.98. The minimum Gasteiger partial charge on any atom is -0.494 e. The quantitative estimate of drug-likeness (QED) is 0.403. The van der Waals surface area contributed by atoms with Gasteiger partial charge in [-0.1, -0.05) is 0 Å². The number of rotatable bonds is 12. The van der Waals surface area contributed by atoms with E-state index in [2.05, 4.69) is 0 Å². The molecule has 0 aliphatic rings. The third-order valence-corrected chi connectivity index (χ3v) is 3.59. The Labute approximate surface area is 147 Å². The van der Waals surface area contributed by atoms with Crippen LogP contribution in [0.2, 0.25) is 0 Å². The lowest BCUT2D eigenvalue weighted by Gasteiger charge is -2.11. The van der Waals surface area contributed by atoms with Gasteiger partial charge in [0, 0.05) is 12.8 Å². The van der Waals surface area contributed by atoms with Crippen LogP contribution in [0.5, 0.6) is 11.5 Å². The van der Waals surface area contributed by atoms with Crippen LogP contribution in [0, 0.1) is 6.92 Å². The summed E-state index contributed by atoms with van der Waals surface area (Å²) in [5, 5.41) is -0.615. The second kappa shape index (κ2) is 11.3. The molecule has 0 spiro atoms. The maximum absolute atomic E-state index is 10.6. The molecule has 0 radical (unpaired) electrons. The van der Waals surface area contributed by atoms with E-state index in [1.807, 2.05) is 25.1 Å². The van der Waals surface area contributed by atoms with E-state index in [0.717, 1.165) is 42.7 Å². The van der Waals surface area contributed by atoms with Crippen LogP contribution >= 0.6 is 23.2 Å². The molecule has 0 saturated heterocycles. The molecule has 0 N–H and O–H groups in total. The Morgan fingerprint density at radius 1 is 0.913 bits per heavy atom. The van der Waals surface area contributed by atoms with Crippen molar-refractivity contribution in [1.82, 2.24) is 0 Å². The van der Waals surface area contributed by atoms with Crippen LogP contribution in [-0.2, 0) is 9.59 Å². The normalized spacial score (nSPS) is 10.4. The first-order chi connectivity index (χ1) is 11.0. The van der Waals surface area contributed by atoms with E-state index in [9.17, 15) is 9.59 Å². The Morgan fingerprint density at radius 2 is 1.48 bits per heavy atom. The van der Waals surface area contributed by atoms with Crippen molar-refractivity contribution >= 4 is 33.7 Å². The first-order valence-electron chi connectivity index (χ1n) is 7.72. The summed E-state index contributed by atoms with van der Waals surface area (Å²) < 4.78 is 11.3. The standard InChI is InChI=1S/C17H22Cl2O4/c1-13-12-14(22-10-4-2-6-16(18)20)8-9-15(13)23-11-5-3-7-17(19)21/h8-9,12H,2-7,10-11H2,1H3. The van der Waals surface area contributed by atoms with Crippen LogP contribution in [0.1, 0.15) is 44.1 Å². The number of hydrogen-bond acceptors (Lipinski definition) is 4. The Bertz CT molecular complexity index is 517. The van der Waals surface area contributed by atoms with E-state index in [-0.39, 0.29) is 10.5 Å². The summed E-state index contributed by atoms with van der Waals surface area (Å²) in [6, 6.07) is 5.65. The van der Waals surface area contributed by atoms with E-state index in [4.69, 9.17) is 32.7 Å². The Morgan fingerprint density at radius 3 is 2.00 bits per heavy atom. The van der Waals surface area contributed by atoms with E-state index in [0.29, 0.717) is 26.1 Å². The third kappa shape index (κ3) is 9.47. The fourth-order valence-corrected chi connectivity index (χ4v) is 2.25. The topological polar surface area (TPSA) is 52.6 Å². The second-order valence-electron chi connectivity index (χ2n) is 5.25. The fraction of sp³-hybridized carbons (Fsp3) is 0.529. The molecule has 0 amide bonds. The third-order valence-electron chi connectivity index (χ3n) is 3.21. The van der Waals surface area contributed by atoms with Crippen molar-refractivity contribution in [2.45, 2.75) is 45.4 Å². The molecule has 0 aliphatic heterocycles. The zero-order valence-electron chi connectivity index (χ0n) is 13.3. The number of hydrogen-bond donors (Lipinski definition) is 0. The molecule has 6 heteroatoms. The highest BCUT2D eigenvalue weighted by atomic mass is 35.5. The zero-order chi connectivity index (χ0) is 17.1. The van der Waals surface area contributed by atoms with Crippen LogP contribution < -0.4 is 9.47 Å². The average molecular weight is 361 g/mol. The number of unbranched alkanes of at least 4 members (excludes halogenated alkanes) is 2. The zero-order valence-corrected chi connectivity index (χ0v) is 14.8. The molecule has 0 atom stereocenters. The van der Waals surface area contributed by atoms with E-state index in [1.165, 1.54) is 0 Å². The summed E-state index contributed by atoms with van der Waals surface area (Å²) in [4.78, 5) is 21.2. The van der Waals surface area contributed by atoms with Gasteiger partial charge in [-0.25, -0.2) is 0 Å². The monoisotopic (exact) mass is 360 g/mol. The lowest BCUT2D eigenvalue weighted by atomic mass is 10.2. The Balaban J connectivity index is 2.27. The highest BCUT2D eigenvalue weighted by Crippen LogP contribution is 2.24. The van der Waals surface area contributed by atoms with Crippen LogP contribution in [0.3, 0.4) is 0 Å². The van der Waals surface area contributed by atoms with Crippen molar-refractivity contribution in [3.8, 4) is 11.5 Å². The molecule has 1 rings (SSSR count). The van der Waals surface area contributed by atoms with E-state index in [1.54, 1.807) is 0 Å². The lowest BCUT2D eigenvalue weighted by Crippen LogP contribution is -2.01. The summed E-state index contributed by atoms with van der Waals surface area (Å²) in [5.74, 6) is 1.59. The average Bonchev–Trinajstić information content (AvgIpc) is 2.47. The van der Waals surface area contributed by atoms with Gasteiger partial charge in [-0.2, -0.15) is 0 Å². The van der Waals surface area contributed by atoms with Gasteiger partial charge in [0.15, 0.2) is 0 Å². The first-order valence-corrected chi connectivity index (χ1v) is 8.47. The highest BCUT2D eigenvalue weighted by molar-refractivity contribution is 6.63. The minimum absolute atomic E-state index is 0.307. The van der Waals surface area contributed by atoms with Crippen LogP contribution in [0.4, 0.5) is 0 Å². The molecule has 0 unspecified atom stereocenters. The van der Waals surface area contributed by atoms with Crippen LogP contribution in [0.25, 0.3) is 0 Å². The smallest absolute Gasteiger partial charge is 0.221 e. The molecule has 0 heterocycles. The summed E-state index contributed by atoms with van der Waals surface area (Å²) in [7, 11) is 0. The van der Waals surface area contributed by atoms with Crippen LogP contribution in [-0.4, -0.2) is 23.7 Å². The van der Waals surface area contributed by atoms with Crippen molar-refractivity contribution in [3.05, 3.63) is 23.8 Å². The van der Waals surface area contributed by atoms with Gasteiger partial charge in [0.2, 0.25) is 10.5 Å². The van der Waals surface area contributed by atoms with Gasteiger partial charge < -0.3 is 9.47 Å². The molecule has 0 bridgehead atoms. The number of carbonyl (C=O) groups excluding carboxylic acids is 2. The SMILES string of the molecule is Cc1cc(OCCCCC(=O)Cl)ccc1OCCCCC(=O)Cl. The van der Waals surface area contributed by atoms with E-state index >= 15 is 0 Å². The number of benzene rings is 1. The van der Waals surface area contributed by atoms with Gasteiger partial charge in [-0.05, 0) is 79.6 Å². The number of carbonyl (C=O) groups is 2. The van der Waals surface area contributed by atoms with Gasteiger partial charge in [-0.15, -0.1) is 0 Å². The maximum atomic E-state index is 10.6. The Kier molecular flexibility index (Phi) is 9.72. The van der Waals surface area contributed by atoms with Crippen molar-refractivity contribution < 1.29 is 19.1 Å². The van der Waals surface area contributed by atoms with Gasteiger partial charge >= 0.3 is 0 Å².